The quantitative estimate of drug-likeness (QED) is 0.620. The molecule has 3 rings (SSSR count). The molecule has 1 fully saturated rings. The van der Waals surface area contributed by atoms with Crippen molar-refractivity contribution in [2.24, 2.45) is 0 Å². The van der Waals surface area contributed by atoms with Crippen LogP contribution in [0.4, 0.5) is 4.79 Å². The van der Waals surface area contributed by atoms with Crippen LogP contribution in [-0.2, 0) is 16.1 Å². The average Bonchev–Trinajstić information content (AvgIpc) is 3.18. The number of carbonyl (C=O) groups is 3. The van der Waals surface area contributed by atoms with E-state index < -0.39 is 17.8 Å². The van der Waals surface area contributed by atoms with Crippen LogP contribution in [0.15, 0.2) is 22.0 Å². The molecule has 0 aliphatic carbocycles. The van der Waals surface area contributed by atoms with E-state index in [1.54, 1.807) is 6.92 Å². The molecule has 0 bridgehead atoms. The maximum absolute atomic E-state index is 11.9. The molecule has 4 amide bonds. The van der Waals surface area contributed by atoms with Gasteiger partial charge in [-0.05, 0) is 18.4 Å². The predicted molar refractivity (Wildman–Crippen MR) is 70.9 cm³/mol. The summed E-state index contributed by atoms with van der Waals surface area (Å²) in [6.45, 7) is 1.55. The van der Waals surface area contributed by atoms with Crippen molar-refractivity contribution in [1.29, 1.82) is 0 Å². The van der Waals surface area contributed by atoms with Gasteiger partial charge in [0.05, 0.1) is 4.88 Å². The third-order valence-corrected chi connectivity index (χ3v) is 3.82. The van der Waals surface area contributed by atoms with Crippen LogP contribution in [0.25, 0.3) is 10.7 Å². The van der Waals surface area contributed by atoms with E-state index in [-0.39, 0.29) is 19.0 Å². The summed E-state index contributed by atoms with van der Waals surface area (Å²) in [5, 5.41) is 5.66. The van der Waals surface area contributed by atoms with Gasteiger partial charge in [-0.25, -0.2) is 9.69 Å². The number of amides is 4. The molecule has 1 aliphatic heterocycles. The summed E-state index contributed by atoms with van der Waals surface area (Å²) in [5.74, 6) is -1.22. The molecular weight excluding hydrogens is 296 g/mol. The topological polar surface area (TPSA) is 96.6 Å². The highest BCUT2D eigenvalue weighted by Gasteiger charge is 2.44. The van der Waals surface area contributed by atoms with Crippen molar-refractivity contribution in [3.8, 4) is 10.7 Å². The van der Waals surface area contributed by atoms with Crippen LogP contribution in [0.5, 0.6) is 0 Å². The van der Waals surface area contributed by atoms with E-state index in [9.17, 15) is 14.4 Å². The van der Waals surface area contributed by atoms with Gasteiger partial charge in [0.2, 0.25) is 11.7 Å². The number of hydrogen-bond donors (Lipinski definition) is 0. The summed E-state index contributed by atoms with van der Waals surface area (Å²) in [7, 11) is 0. The summed E-state index contributed by atoms with van der Waals surface area (Å²) in [6.07, 6.45) is 0. The first kappa shape index (κ1) is 13.4. The van der Waals surface area contributed by atoms with Crippen LogP contribution >= 0.6 is 11.3 Å². The van der Waals surface area contributed by atoms with Gasteiger partial charge in [0.25, 0.3) is 0 Å². The second-order valence-corrected chi connectivity index (χ2v) is 5.16. The highest BCUT2D eigenvalue weighted by molar-refractivity contribution is 7.13. The van der Waals surface area contributed by atoms with Crippen LogP contribution < -0.4 is 0 Å². The van der Waals surface area contributed by atoms with Gasteiger partial charge in [-0.2, -0.15) is 4.98 Å². The molecule has 0 unspecified atom stereocenters. The number of carbonyl (C=O) groups excluding carboxylic acids is 3. The maximum Gasteiger partial charge on any atom is 0.334 e. The number of thiophene rings is 1. The molecule has 0 saturated carbocycles. The number of aromatic nitrogens is 2. The van der Waals surface area contributed by atoms with Crippen LogP contribution in [-0.4, -0.2) is 44.3 Å². The number of nitrogens with zero attached hydrogens (tertiary/aromatic N) is 4. The number of urea groups is 1. The fraction of sp³-hybridized carbons (Fsp3) is 0.250. The van der Waals surface area contributed by atoms with Crippen molar-refractivity contribution in [3.63, 3.8) is 0 Å². The molecule has 3 heterocycles. The van der Waals surface area contributed by atoms with E-state index in [1.807, 2.05) is 17.5 Å². The monoisotopic (exact) mass is 306 g/mol. The Kier molecular flexibility index (Phi) is 3.26. The Morgan fingerprint density at radius 3 is 2.62 bits per heavy atom. The molecular formula is C12H10N4O4S. The molecule has 1 aliphatic rings. The number of rotatable bonds is 4. The Morgan fingerprint density at radius 2 is 2.00 bits per heavy atom. The molecule has 2 aromatic heterocycles. The van der Waals surface area contributed by atoms with Crippen molar-refractivity contribution in [2.75, 3.05) is 6.54 Å². The highest BCUT2D eigenvalue weighted by atomic mass is 32.1. The fourth-order valence-electron chi connectivity index (χ4n) is 1.93. The van der Waals surface area contributed by atoms with Crippen LogP contribution in [0, 0.1) is 0 Å². The molecule has 0 spiro atoms. The number of likely N-dealkylation sites (N-methyl/N-ethyl adjacent to an activating group) is 1. The molecule has 8 nitrogen and oxygen atoms in total. The lowest BCUT2D eigenvalue weighted by molar-refractivity contribution is -0.143. The summed E-state index contributed by atoms with van der Waals surface area (Å²) in [6, 6.07) is 3.01. The third-order valence-electron chi connectivity index (χ3n) is 2.95. The largest absolute Gasteiger partial charge is 0.337 e. The lowest BCUT2D eigenvalue weighted by Gasteiger charge is -2.11. The minimum Gasteiger partial charge on any atom is -0.337 e. The normalized spacial score (nSPS) is 15.4. The standard InChI is InChI=1S/C12H10N4O4S/c1-2-15-10(17)11(18)16(12(15)19)6-8-13-9(14-20-8)7-4-3-5-21-7/h3-5H,2,6H2,1H3. The highest BCUT2D eigenvalue weighted by Crippen LogP contribution is 2.22. The molecule has 9 heteroatoms. The molecule has 21 heavy (non-hydrogen) atoms. The van der Waals surface area contributed by atoms with Crippen molar-refractivity contribution >= 4 is 29.2 Å². The smallest absolute Gasteiger partial charge is 0.334 e. The first-order valence-corrected chi connectivity index (χ1v) is 7.03. The number of hydrogen-bond acceptors (Lipinski definition) is 7. The van der Waals surface area contributed by atoms with Crippen LogP contribution in [0.3, 0.4) is 0 Å². The van der Waals surface area contributed by atoms with Gasteiger partial charge >= 0.3 is 17.8 Å². The summed E-state index contributed by atoms with van der Waals surface area (Å²) >= 11 is 1.44. The zero-order valence-electron chi connectivity index (χ0n) is 11.0. The van der Waals surface area contributed by atoms with E-state index in [4.69, 9.17) is 4.52 Å². The molecule has 1 saturated heterocycles. The average molecular weight is 306 g/mol. The SMILES string of the molecule is CCN1C(=O)C(=O)N(Cc2nc(-c3cccs3)no2)C1=O. The Balaban J connectivity index is 1.80. The first-order valence-electron chi connectivity index (χ1n) is 6.15. The first-order chi connectivity index (χ1) is 10.1. The maximum atomic E-state index is 11.9. The lowest BCUT2D eigenvalue weighted by Crippen LogP contribution is -2.32. The van der Waals surface area contributed by atoms with Gasteiger partial charge < -0.3 is 4.52 Å². The number of imide groups is 2. The summed E-state index contributed by atoms with van der Waals surface area (Å²) < 4.78 is 5.02. The van der Waals surface area contributed by atoms with Gasteiger partial charge in [0.15, 0.2) is 0 Å². The van der Waals surface area contributed by atoms with Crippen molar-refractivity contribution in [2.45, 2.75) is 13.5 Å². The third kappa shape index (κ3) is 2.21. The summed E-state index contributed by atoms with van der Waals surface area (Å²) in [4.78, 5) is 41.9. The second-order valence-electron chi connectivity index (χ2n) is 4.21. The molecule has 0 aromatic carbocycles. The van der Waals surface area contributed by atoms with E-state index in [0.29, 0.717) is 5.82 Å². The molecule has 0 radical (unpaired) electrons. The molecule has 0 N–H and O–H groups in total. The Morgan fingerprint density at radius 1 is 1.24 bits per heavy atom. The van der Waals surface area contributed by atoms with Gasteiger partial charge in [-0.3, -0.25) is 14.5 Å². The van der Waals surface area contributed by atoms with Gasteiger partial charge in [0, 0.05) is 6.54 Å². The van der Waals surface area contributed by atoms with Gasteiger partial charge in [-0.15, -0.1) is 11.3 Å². The Bertz CT molecular complexity index is 709. The van der Waals surface area contributed by atoms with Crippen molar-refractivity contribution in [3.05, 3.63) is 23.4 Å². The van der Waals surface area contributed by atoms with E-state index in [1.165, 1.54) is 11.3 Å². The molecule has 2 aromatic rings. The van der Waals surface area contributed by atoms with Gasteiger partial charge in [0.1, 0.15) is 6.54 Å². The predicted octanol–water partition coefficient (Wildman–Crippen LogP) is 1.11. The van der Waals surface area contributed by atoms with E-state index in [2.05, 4.69) is 10.1 Å². The Hall–Kier alpha value is -2.55. The van der Waals surface area contributed by atoms with Crippen LogP contribution in [0.1, 0.15) is 12.8 Å². The lowest BCUT2D eigenvalue weighted by atomic mass is 10.4. The summed E-state index contributed by atoms with van der Waals surface area (Å²) in [5.41, 5.74) is 0. The van der Waals surface area contributed by atoms with E-state index >= 15 is 0 Å². The minimum absolute atomic E-state index is 0.103. The second kappa shape index (κ2) is 5.09. The van der Waals surface area contributed by atoms with Crippen molar-refractivity contribution in [1.82, 2.24) is 19.9 Å². The van der Waals surface area contributed by atoms with E-state index in [0.717, 1.165) is 14.7 Å². The van der Waals surface area contributed by atoms with Gasteiger partial charge in [-0.1, -0.05) is 11.2 Å². The fourth-order valence-corrected chi connectivity index (χ4v) is 2.58. The van der Waals surface area contributed by atoms with Crippen molar-refractivity contribution < 1.29 is 18.9 Å². The van der Waals surface area contributed by atoms with Crippen LogP contribution in [0.2, 0.25) is 0 Å². The molecule has 0 atom stereocenters. The zero-order chi connectivity index (χ0) is 15.0. The molecule has 108 valence electrons. The Labute approximate surface area is 123 Å². The minimum atomic E-state index is -0.877. The zero-order valence-corrected chi connectivity index (χ0v) is 11.8.